The van der Waals surface area contributed by atoms with E-state index in [4.69, 9.17) is 0 Å². The van der Waals surface area contributed by atoms with Gasteiger partial charge < -0.3 is 4.90 Å². The van der Waals surface area contributed by atoms with Gasteiger partial charge in [-0.05, 0) is 18.6 Å². The second-order valence-electron chi connectivity index (χ2n) is 7.96. The molecule has 1 saturated heterocycles. The maximum atomic E-state index is 13.0. The van der Waals surface area contributed by atoms with Crippen molar-refractivity contribution in [1.82, 2.24) is 9.88 Å². The monoisotopic (exact) mass is 345 g/mol. The highest BCUT2D eigenvalue weighted by Gasteiger charge is 2.52. The zero-order valence-corrected chi connectivity index (χ0v) is 14.8. The number of benzene rings is 1. The second kappa shape index (κ2) is 5.50. The molecule has 5 heteroatoms. The first-order chi connectivity index (χ1) is 12.4. The van der Waals surface area contributed by atoms with Crippen molar-refractivity contribution < 1.29 is 9.59 Å². The van der Waals surface area contributed by atoms with E-state index in [1.165, 1.54) is 0 Å². The molecule has 1 fully saturated rings. The average Bonchev–Trinajstić information content (AvgIpc) is 2.61. The molecule has 0 bridgehead atoms. The van der Waals surface area contributed by atoms with Gasteiger partial charge in [-0.25, -0.2) is 0 Å². The molecule has 1 spiro atoms. The van der Waals surface area contributed by atoms with Gasteiger partial charge in [0.2, 0.25) is 0 Å². The SMILES string of the molecule is CC1(C)CC2(C=C(C#N)C1=O)CN(C(=O)c1cccc3cccnc13)C2. The third kappa shape index (κ3) is 2.41. The van der Waals surface area contributed by atoms with Crippen LogP contribution in [0, 0.1) is 22.2 Å². The van der Waals surface area contributed by atoms with E-state index in [1.54, 1.807) is 23.2 Å². The van der Waals surface area contributed by atoms with Gasteiger partial charge in [-0.3, -0.25) is 14.6 Å². The number of Topliss-reactive ketones (excluding diaryl/α,β-unsaturated/α-hetero) is 1. The van der Waals surface area contributed by atoms with Crippen LogP contribution in [0.15, 0.2) is 48.2 Å². The van der Waals surface area contributed by atoms with Crippen LogP contribution in [0.5, 0.6) is 0 Å². The van der Waals surface area contributed by atoms with E-state index in [1.807, 2.05) is 44.2 Å². The van der Waals surface area contributed by atoms with Crippen LogP contribution in [-0.4, -0.2) is 34.7 Å². The Labute approximate surface area is 151 Å². The number of hydrogen-bond donors (Lipinski definition) is 0. The molecule has 0 N–H and O–H groups in total. The van der Waals surface area contributed by atoms with Crippen LogP contribution in [-0.2, 0) is 4.79 Å². The third-order valence-corrected chi connectivity index (χ3v) is 5.39. The van der Waals surface area contributed by atoms with Crippen LogP contribution < -0.4 is 0 Å². The van der Waals surface area contributed by atoms with Gasteiger partial charge in [-0.2, -0.15) is 5.26 Å². The molecule has 0 unspecified atom stereocenters. The van der Waals surface area contributed by atoms with Crippen molar-refractivity contribution in [3.63, 3.8) is 0 Å². The molecule has 1 aliphatic heterocycles. The summed E-state index contributed by atoms with van der Waals surface area (Å²) in [5.74, 6) is -0.157. The minimum absolute atomic E-state index is 0.0541. The minimum atomic E-state index is -0.573. The lowest BCUT2D eigenvalue weighted by molar-refractivity contribution is -0.127. The molecule has 4 rings (SSSR count). The van der Waals surface area contributed by atoms with E-state index in [-0.39, 0.29) is 22.7 Å². The Bertz CT molecular complexity index is 1000. The Balaban J connectivity index is 1.62. The van der Waals surface area contributed by atoms with E-state index >= 15 is 0 Å². The van der Waals surface area contributed by atoms with Crippen LogP contribution in [0.2, 0.25) is 0 Å². The fourth-order valence-corrected chi connectivity index (χ4v) is 4.34. The maximum Gasteiger partial charge on any atom is 0.256 e. The minimum Gasteiger partial charge on any atom is -0.337 e. The number of fused-ring (bicyclic) bond motifs is 1. The van der Waals surface area contributed by atoms with Gasteiger partial charge in [0, 0.05) is 35.5 Å². The van der Waals surface area contributed by atoms with Crippen LogP contribution >= 0.6 is 0 Å². The molecule has 2 aliphatic rings. The zero-order chi connectivity index (χ0) is 18.5. The number of rotatable bonds is 1. The molecule has 0 atom stereocenters. The predicted molar refractivity (Wildman–Crippen MR) is 97.2 cm³/mol. The molecule has 26 heavy (non-hydrogen) atoms. The van der Waals surface area contributed by atoms with Crippen LogP contribution in [0.3, 0.4) is 0 Å². The number of para-hydroxylation sites is 1. The average molecular weight is 345 g/mol. The third-order valence-electron chi connectivity index (χ3n) is 5.39. The molecule has 5 nitrogen and oxygen atoms in total. The van der Waals surface area contributed by atoms with Gasteiger partial charge in [0.05, 0.1) is 16.7 Å². The first-order valence-corrected chi connectivity index (χ1v) is 8.66. The standard InChI is InChI=1S/C21H19N3O2/c1-20(2)11-21(9-15(10-22)18(20)25)12-24(13-21)19(26)16-7-3-5-14-6-4-8-23-17(14)16/h3-9H,11-13H2,1-2H3. The molecule has 1 amide bonds. The zero-order valence-electron chi connectivity index (χ0n) is 14.8. The van der Waals surface area contributed by atoms with Crippen molar-refractivity contribution in [1.29, 1.82) is 5.26 Å². The van der Waals surface area contributed by atoms with Gasteiger partial charge in [0.25, 0.3) is 5.91 Å². The molecule has 1 aliphatic carbocycles. The Kier molecular flexibility index (Phi) is 3.48. The van der Waals surface area contributed by atoms with Gasteiger partial charge in [-0.15, -0.1) is 0 Å². The molecular formula is C21H19N3O2. The van der Waals surface area contributed by atoms with Crippen molar-refractivity contribution in [2.24, 2.45) is 10.8 Å². The molecule has 1 aromatic heterocycles. The smallest absolute Gasteiger partial charge is 0.256 e. The fraction of sp³-hybridized carbons (Fsp3) is 0.333. The molecule has 2 aromatic rings. The normalized spacial score (nSPS) is 20.4. The number of aromatic nitrogens is 1. The second-order valence-corrected chi connectivity index (χ2v) is 7.96. The fourth-order valence-electron chi connectivity index (χ4n) is 4.34. The topological polar surface area (TPSA) is 74.1 Å². The van der Waals surface area contributed by atoms with Crippen molar-refractivity contribution in [2.45, 2.75) is 20.3 Å². The number of amides is 1. The highest BCUT2D eigenvalue weighted by Crippen LogP contribution is 2.48. The summed E-state index contributed by atoms with van der Waals surface area (Å²) in [6.45, 7) is 4.80. The largest absolute Gasteiger partial charge is 0.337 e. The first kappa shape index (κ1) is 16.5. The molecule has 2 heterocycles. The van der Waals surface area contributed by atoms with Crippen molar-refractivity contribution in [3.8, 4) is 6.07 Å². The lowest BCUT2D eigenvalue weighted by atomic mass is 9.61. The van der Waals surface area contributed by atoms with Crippen molar-refractivity contribution in [2.75, 3.05) is 13.1 Å². The number of nitrogens with zero attached hydrogens (tertiary/aromatic N) is 3. The number of hydrogen-bond acceptors (Lipinski definition) is 4. The summed E-state index contributed by atoms with van der Waals surface area (Å²) in [7, 11) is 0. The number of pyridine rings is 1. The molecule has 130 valence electrons. The van der Waals surface area contributed by atoms with E-state index in [9.17, 15) is 14.9 Å². The predicted octanol–water partition coefficient (Wildman–Crippen LogP) is 3.13. The van der Waals surface area contributed by atoms with E-state index in [2.05, 4.69) is 4.98 Å². The van der Waals surface area contributed by atoms with Crippen molar-refractivity contribution in [3.05, 3.63) is 53.7 Å². The summed E-state index contributed by atoms with van der Waals surface area (Å²) in [6, 6.07) is 11.4. The lowest BCUT2D eigenvalue weighted by Crippen LogP contribution is -2.60. The summed E-state index contributed by atoms with van der Waals surface area (Å²) < 4.78 is 0. The highest BCUT2D eigenvalue weighted by atomic mass is 16.2. The number of ketones is 1. The Morgan fingerprint density at radius 3 is 2.69 bits per heavy atom. The summed E-state index contributed by atoms with van der Waals surface area (Å²) in [5.41, 5.74) is 0.661. The van der Waals surface area contributed by atoms with Gasteiger partial charge in [0.15, 0.2) is 5.78 Å². The Hall–Kier alpha value is -3.00. The first-order valence-electron chi connectivity index (χ1n) is 8.66. The molecule has 1 aromatic carbocycles. The molecule has 0 saturated carbocycles. The summed E-state index contributed by atoms with van der Waals surface area (Å²) in [4.78, 5) is 31.4. The number of allylic oxidation sites excluding steroid dienone is 1. The summed E-state index contributed by atoms with van der Waals surface area (Å²) in [6.07, 6.45) is 4.13. The molecular weight excluding hydrogens is 326 g/mol. The Morgan fingerprint density at radius 1 is 1.23 bits per heavy atom. The maximum absolute atomic E-state index is 13.0. The Morgan fingerprint density at radius 2 is 1.96 bits per heavy atom. The van der Waals surface area contributed by atoms with Gasteiger partial charge in [-0.1, -0.05) is 38.1 Å². The lowest BCUT2D eigenvalue weighted by Gasteiger charge is -2.53. The number of carbonyl (C=O) groups excluding carboxylic acids is 2. The van der Waals surface area contributed by atoms with E-state index in [0.29, 0.717) is 30.6 Å². The number of likely N-dealkylation sites (tertiary alicyclic amines) is 1. The number of nitriles is 1. The van der Waals surface area contributed by atoms with Crippen molar-refractivity contribution >= 4 is 22.6 Å². The highest BCUT2D eigenvalue weighted by molar-refractivity contribution is 6.06. The van der Waals surface area contributed by atoms with E-state index < -0.39 is 5.41 Å². The molecule has 0 radical (unpaired) electrons. The van der Waals surface area contributed by atoms with Crippen LogP contribution in [0.1, 0.15) is 30.6 Å². The van der Waals surface area contributed by atoms with Crippen LogP contribution in [0.4, 0.5) is 0 Å². The summed E-state index contributed by atoms with van der Waals surface area (Å²) in [5, 5.41) is 10.2. The quantitative estimate of drug-likeness (QED) is 0.796. The number of carbonyl (C=O) groups is 2. The van der Waals surface area contributed by atoms with Crippen LogP contribution in [0.25, 0.3) is 10.9 Å². The van der Waals surface area contributed by atoms with E-state index in [0.717, 1.165) is 5.39 Å². The summed E-state index contributed by atoms with van der Waals surface area (Å²) >= 11 is 0. The van der Waals surface area contributed by atoms with Gasteiger partial charge >= 0.3 is 0 Å². The van der Waals surface area contributed by atoms with Gasteiger partial charge in [0.1, 0.15) is 6.07 Å².